The number of benzene rings is 1. The van der Waals surface area contributed by atoms with E-state index in [4.69, 9.17) is 23.2 Å². The molecular weight excluding hydrogens is 287 g/mol. The first-order valence-corrected chi connectivity index (χ1v) is 6.97. The van der Waals surface area contributed by atoms with Crippen LogP contribution in [-0.4, -0.2) is 5.78 Å². The number of ketones is 1. The fourth-order valence-corrected chi connectivity index (χ4v) is 2.62. The molecule has 0 aliphatic carbocycles. The van der Waals surface area contributed by atoms with E-state index in [1.165, 1.54) is 11.3 Å². The van der Waals surface area contributed by atoms with Crippen molar-refractivity contribution in [1.82, 2.24) is 0 Å². The predicted molar refractivity (Wildman–Crippen MR) is 78.7 cm³/mol. The van der Waals surface area contributed by atoms with Crippen LogP contribution in [0, 0.1) is 0 Å². The van der Waals surface area contributed by atoms with Gasteiger partial charge in [0, 0.05) is 10.6 Å². The fraction of sp³-hybridized carbons (Fsp3) is 0.0714. The number of halogens is 2. The molecule has 0 unspecified atom stereocenters. The van der Waals surface area contributed by atoms with Crippen molar-refractivity contribution in [2.24, 2.45) is 0 Å². The molecule has 0 N–H and O–H groups in total. The van der Waals surface area contributed by atoms with Crippen molar-refractivity contribution in [3.8, 4) is 0 Å². The molecule has 2 aromatic rings. The molecule has 0 bridgehead atoms. The number of rotatable bonds is 3. The highest BCUT2D eigenvalue weighted by atomic mass is 35.5. The first-order valence-electron chi connectivity index (χ1n) is 5.33. The number of hydrogen-bond acceptors (Lipinski definition) is 2. The van der Waals surface area contributed by atoms with Crippen molar-refractivity contribution >= 4 is 45.4 Å². The van der Waals surface area contributed by atoms with Crippen molar-refractivity contribution in [2.45, 2.75) is 6.92 Å². The lowest BCUT2D eigenvalue weighted by Gasteiger charge is -2.05. The Morgan fingerprint density at radius 1 is 1.33 bits per heavy atom. The minimum Gasteiger partial charge on any atom is -0.288 e. The van der Waals surface area contributed by atoms with E-state index >= 15 is 0 Å². The zero-order chi connectivity index (χ0) is 13.1. The van der Waals surface area contributed by atoms with E-state index in [0.717, 1.165) is 5.56 Å². The fourth-order valence-electron chi connectivity index (χ4n) is 1.55. The molecule has 0 saturated carbocycles. The molecule has 0 fully saturated rings. The van der Waals surface area contributed by atoms with Gasteiger partial charge in [0.2, 0.25) is 5.78 Å². The SMILES string of the molecule is CC=C(Cl)c1ccc(C(=O)c2cccs2)c(Cl)c1. The van der Waals surface area contributed by atoms with Gasteiger partial charge in [0.25, 0.3) is 0 Å². The summed E-state index contributed by atoms with van der Waals surface area (Å²) in [6.07, 6.45) is 1.79. The summed E-state index contributed by atoms with van der Waals surface area (Å²) in [4.78, 5) is 12.8. The molecule has 0 saturated heterocycles. The van der Waals surface area contributed by atoms with Gasteiger partial charge in [-0.15, -0.1) is 11.3 Å². The molecule has 92 valence electrons. The third-order valence-electron chi connectivity index (χ3n) is 2.49. The molecule has 0 aliphatic heterocycles. The standard InChI is InChI=1S/C14H10Cl2OS/c1-2-11(15)9-5-6-10(12(16)8-9)14(17)13-4-3-7-18-13/h2-8H,1H3. The smallest absolute Gasteiger partial charge is 0.204 e. The zero-order valence-electron chi connectivity index (χ0n) is 9.61. The maximum Gasteiger partial charge on any atom is 0.204 e. The Balaban J connectivity index is 2.39. The predicted octanol–water partition coefficient (Wildman–Crippen LogP) is 5.23. The third-order valence-corrected chi connectivity index (χ3v) is 4.11. The molecule has 2 rings (SSSR count). The molecule has 1 aromatic carbocycles. The summed E-state index contributed by atoms with van der Waals surface area (Å²) in [5.74, 6) is -0.0573. The maximum atomic E-state index is 12.2. The topological polar surface area (TPSA) is 17.1 Å². The van der Waals surface area contributed by atoms with Gasteiger partial charge in [-0.2, -0.15) is 0 Å². The summed E-state index contributed by atoms with van der Waals surface area (Å²) in [6.45, 7) is 1.85. The van der Waals surface area contributed by atoms with Gasteiger partial charge in [0.15, 0.2) is 0 Å². The van der Waals surface area contributed by atoms with Crippen LogP contribution >= 0.6 is 34.5 Å². The molecular formula is C14H10Cl2OS. The van der Waals surface area contributed by atoms with E-state index in [-0.39, 0.29) is 5.78 Å². The van der Waals surface area contributed by atoms with Crippen molar-refractivity contribution < 1.29 is 4.79 Å². The van der Waals surface area contributed by atoms with E-state index in [9.17, 15) is 4.79 Å². The Morgan fingerprint density at radius 3 is 2.67 bits per heavy atom. The first kappa shape index (κ1) is 13.3. The molecule has 1 heterocycles. The van der Waals surface area contributed by atoms with Crippen LogP contribution in [0.1, 0.15) is 27.7 Å². The lowest BCUT2D eigenvalue weighted by Crippen LogP contribution is -1.99. The Labute approximate surface area is 120 Å². The summed E-state index contributed by atoms with van der Waals surface area (Å²) in [6, 6.07) is 8.86. The van der Waals surface area contributed by atoms with Gasteiger partial charge in [-0.1, -0.05) is 41.4 Å². The van der Waals surface area contributed by atoms with Crippen LogP contribution in [0.2, 0.25) is 5.02 Å². The van der Waals surface area contributed by atoms with Crippen molar-refractivity contribution in [3.05, 3.63) is 62.8 Å². The second-order valence-electron chi connectivity index (χ2n) is 3.64. The first-order chi connectivity index (χ1) is 8.63. The van der Waals surface area contributed by atoms with Gasteiger partial charge in [-0.05, 0) is 36.1 Å². The highest BCUT2D eigenvalue weighted by molar-refractivity contribution is 7.12. The highest BCUT2D eigenvalue weighted by Crippen LogP contribution is 2.27. The van der Waals surface area contributed by atoms with Crippen LogP contribution in [0.25, 0.3) is 5.03 Å². The number of thiophene rings is 1. The average molecular weight is 297 g/mol. The minimum atomic E-state index is -0.0573. The molecule has 1 aromatic heterocycles. The highest BCUT2D eigenvalue weighted by Gasteiger charge is 2.14. The van der Waals surface area contributed by atoms with Crippen molar-refractivity contribution in [3.63, 3.8) is 0 Å². The van der Waals surface area contributed by atoms with E-state index in [1.807, 2.05) is 18.4 Å². The van der Waals surface area contributed by atoms with E-state index in [2.05, 4.69) is 0 Å². The second-order valence-corrected chi connectivity index (χ2v) is 5.40. The lowest BCUT2D eigenvalue weighted by atomic mass is 10.1. The van der Waals surface area contributed by atoms with Gasteiger partial charge in [-0.3, -0.25) is 4.79 Å². The summed E-state index contributed by atoms with van der Waals surface area (Å²) in [7, 11) is 0. The number of carbonyl (C=O) groups is 1. The molecule has 0 aliphatic rings. The quantitative estimate of drug-likeness (QED) is 0.709. The Morgan fingerprint density at radius 2 is 2.11 bits per heavy atom. The summed E-state index contributed by atoms with van der Waals surface area (Å²) in [5, 5.41) is 2.91. The van der Waals surface area contributed by atoms with Crippen LogP contribution in [0.5, 0.6) is 0 Å². The van der Waals surface area contributed by atoms with Gasteiger partial charge < -0.3 is 0 Å². The Bertz CT molecular complexity index is 600. The molecule has 0 spiro atoms. The molecule has 0 radical (unpaired) electrons. The largest absolute Gasteiger partial charge is 0.288 e. The number of hydrogen-bond donors (Lipinski definition) is 0. The molecule has 18 heavy (non-hydrogen) atoms. The molecule has 1 nitrogen and oxygen atoms in total. The van der Waals surface area contributed by atoms with Gasteiger partial charge >= 0.3 is 0 Å². The van der Waals surface area contributed by atoms with Gasteiger partial charge in [0.05, 0.1) is 9.90 Å². The average Bonchev–Trinajstić information content (AvgIpc) is 2.90. The number of carbonyl (C=O) groups excluding carboxylic acids is 1. The molecule has 4 heteroatoms. The maximum absolute atomic E-state index is 12.2. The number of allylic oxidation sites excluding steroid dienone is 1. The zero-order valence-corrected chi connectivity index (χ0v) is 11.9. The van der Waals surface area contributed by atoms with Crippen LogP contribution in [-0.2, 0) is 0 Å². The Kier molecular flexibility index (Phi) is 4.23. The van der Waals surface area contributed by atoms with E-state index in [1.54, 1.807) is 30.3 Å². The normalized spacial score (nSPS) is 11.6. The third kappa shape index (κ3) is 2.66. The van der Waals surface area contributed by atoms with Crippen LogP contribution in [0.15, 0.2) is 41.8 Å². The molecule has 0 amide bonds. The van der Waals surface area contributed by atoms with E-state index < -0.39 is 0 Å². The van der Waals surface area contributed by atoms with Crippen LogP contribution < -0.4 is 0 Å². The summed E-state index contributed by atoms with van der Waals surface area (Å²) < 4.78 is 0. The van der Waals surface area contributed by atoms with Crippen molar-refractivity contribution in [1.29, 1.82) is 0 Å². The van der Waals surface area contributed by atoms with Gasteiger partial charge in [-0.25, -0.2) is 0 Å². The summed E-state index contributed by atoms with van der Waals surface area (Å²) in [5.41, 5.74) is 1.32. The summed E-state index contributed by atoms with van der Waals surface area (Å²) >= 11 is 13.6. The van der Waals surface area contributed by atoms with Crippen LogP contribution in [0.3, 0.4) is 0 Å². The van der Waals surface area contributed by atoms with Crippen molar-refractivity contribution in [2.75, 3.05) is 0 Å². The van der Waals surface area contributed by atoms with E-state index in [0.29, 0.717) is 20.5 Å². The van der Waals surface area contributed by atoms with Gasteiger partial charge in [0.1, 0.15) is 0 Å². The monoisotopic (exact) mass is 296 g/mol. The minimum absolute atomic E-state index is 0.0573. The lowest BCUT2D eigenvalue weighted by molar-refractivity contribution is 0.104. The Hall–Kier alpha value is -1.09. The second kappa shape index (κ2) is 5.70. The van der Waals surface area contributed by atoms with Crippen LogP contribution in [0.4, 0.5) is 0 Å². The molecule has 0 atom stereocenters.